The van der Waals surface area contributed by atoms with Crippen LogP contribution in [0.15, 0.2) is 30.3 Å². The Bertz CT molecular complexity index is 891. The largest absolute Gasteiger partial charge is 0.352 e. The number of rotatable bonds is 5. The summed E-state index contributed by atoms with van der Waals surface area (Å²) in [5.41, 5.74) is 7.59. The first-order valence-corrected chi connectivity index (χ1v) is 10.3. The van der Waals surface area contributed by atoms with Gasteiger partial charge in [0.1, 0.15) is 0 Å². The third-order valence-corrected chi connectivity index (χ3v) is 6.13. The lowest BCUT2D eigenvalue weighted by Gasteiger charge is -2.16. The molecule has 1 heterocycles. The molecule has 1 aromatic heterocycles. The molecule has 0 saturated heterocycles. The van der Waals surface area contributed by atoms with Crippen LogP contribution in [0.4, 0.5) is 0 Å². The maximum atomic E-state index is 12.3. The van der Waals surface area contributed by atoms with Crippen molar-refractivity contribution in [1.82, 2.24) is 16.2 Å². The lowest BCUT2D eigenvalue weighted by atomic mass is 9.90. The monoisotopic (exact) mass is 399 g/mol. The number of hydrogen-bond acceptors (Lipinski definition) is 4. The standard InChI is InChI=1S/C21H25N3O3S/c1-13-7-8-17-15(11-13)12-18(28-17)21(27)24-23-19(25)9-10-22-20(26)16-6-4-3-5-14(16)2/h3-6,12-13H,7-11H2,1-2H3,(H,22,26)(H,23,25)(H,24,27). The minimum atomic E-state index is -0.353. The highest BCUT2D eigenvalue weighted by atomic mass is 32.1. The van der Waals surface area contributed by atoms with E-state index in [0.717, 1.165) is 24.8 Å². The van der Waals surface area contributed by atoms with E-state index in [-0.39, 0.29) is 30.7 Å². The van der Waals surface area contributed by atoms with Crippen LogP contribution < -0.4 is 16.2 Å². The van der Waals surface area contributed by atoms with Crippen LogP contribution in [-0.2, 0) is 17.6 Å². The second kappa shape index (κ2) is 9.01. The zero-order valence-electron chi connectivity index (χ0n) is 16.1. The van der Waals surface area contributed by atoms with Gasteiger partial charge < -0.3 is 5.32 Å². The van der Waals surface area contributed by atoms with Gasteiger partial charge >= 0.3 is 0 Å². The molecule has 7 heteroatoms. The number of hydrazine groups is 1. The van der Waals surface area contributed by atoms with Crippen molar-refractivity contribution in [1.29, 1.82) is 0 Å². The van der Waals surface area contributed by atoms with Gasteiger partial charge in [0.05, 0.1) is 4.88 Å². The molecule has 148 valence electrons. The number of fused-ring (bicyclic) bond motifs is 1. The lowest BCUT2D eigenvalue weighted by molar-refractivity contribution is -0.121. The first-order chi connectivity index (χ1) is 13.4. The molecular formula is C21H25N3O3S. The van der Waals surface area contributed by atoms with Crippen molar-refractivity contribution in [2.24, 2.45) is 5.92 Å². The van der Waals surface area contributed by atoms with Crippen molar-refractivity contribution in [2.45, 2.75) is 39.5 Å². The fourth-order valence-corrected chi connectivity index (χ4v) is 4.38. The van der Waals surface area contributed by atoms with Crippen molar-refractivity contribution in [3.63, 3.8) is 0 Å². The smallest absolute Gasteiger partial charge is 0.279 e. The van der Waals surface area contributed by atoms with E-state index in [1.165, 1.54) is 21.8 Å². The molecule has 3 N–H and O–H groups in total. The van der Waals surface area contributed by atoms with Gasteiger partial charge in [-0.2, -0.15) is 0 Å². The highest BCUT2D eigenvalue weighted by Crippen LogP contribution is 2.32. The summed E-state index contributed by atoms with van der Waals surface area (Å²) in [6.07, 6.45) is 3.25. The van der Waals surface area contributed by atoms with Gasteiger partial charge in [-0.1, -0.05) is 25.1 Å². The Kier molecular flexibility index (Phi) is 6.46. The number of hydrogen-bond donors (Lipinski definition) is 3. The lowest BCUT2D eigenvalue weighted by Crippen LogP contribution is -2.42. The van der Waals surface area contributed by atoms with Gasteiger partial charge in [0, 0.05) is 23.4 Å². The van der Waals surface area contributed by atoms with E-state index in [1.54, 1.807) is 12.1 Å². The number of aryl methyl sites for hydroxylation is 2. The average Bonchev–Trinajstić information content (AvgIpc) is 3.09. The molecule has 28 heavy (non-hydrogen) atoms. The topological polar surface area (TPSA) is 87.3 Å². The number of nitrogens with one attached hydrogen (secondary N) is 3. The van der Waals surface area contributed by atoms with Crippen molar-refractivity contribution in [2.75, 3.05) is 6.54 Å². The van der Waals surface area contributed by atoms with E-state index in [4.69, 9.17) is 0 Å². The van der Waals surface area contributed by atoms with E-state index >= 15 is 0 Å². The van der Waals surface area contributed by atoms with Crippen molar-refractivity contribution in [3.05, 3.63) is 56.8 Å². The Labute approximate surface area is 168 Å². The van der Waals surface area contributed by atoms with Crippen LogP contribution in [0.5, 0.6) is 0 Å². The van der Waals surface area contributed by atoms with Crippen LogP contribution in [0.2, 0.25) is 0 Å². The Morgan fingerprint density at radius 2 is 1.93 bits per heavy atom. The van der Waals surface area contributed by atoms with Crippen LogP contribution in [-0.4, -0.2) is 24.3 Å². The molecule has 6 nitrogen and oxygen atoms in total. The molecule has 1 unspecified atom stereocenters. The van der Waals surface area contributed by atoms with E-state index in [9.17, 15) is 14.4 Å². The van der Waals surface area contributed by atoms with Gasteiger partial charge in [-0.05, 0) is 55.4 Å². The van der Waals surface area contributed by atoms with Crippen molar-refractivity contribution >= 4 is 29.1 Å². The van der Waals surface area contributed by atoms with Gasteiger partial charge in [0.15, 0.2) is 0 Å². The molecule has 2 aromatic rings. The molecule has 1 aromatic carbocycles. The molecule has 0 spiro atoms. The summed E-state index contributed by atoms with van der Waals surface area (Å²) in [6, 6.07) is 9.20. The summed E-state index contributed by atoms with van der Waals surface area (Å²) in [5.74, 6) is -0.223. The second-order valence-corrected chi connectivity index (χ2v) is 8.37. The molecule has 0 radical (unpaired) electrons. The summed E-state index contributed by atoms with van der Waals surface area (Å²) in [7, 11) is 0. The Morgan fingerprint density at radius 3 is 2.71 bits per heavy atom. The predicted octanol–water partition coefficient (Wildman–Crippen LogP) is 2.76. The maximum absolute atomic E-state index is 12.3. The number of carbonyl (C=O) groups excluding carboxylic acids is 3. The van der Waals surface area contributed by atoms with Crippen LogP contribution in [0, 0.1) is 12.8 Å². The van der Waals surface area contributed by atoms with E-state index in [0.29, 0.717) is 16.4 Å². The minimum Gasteiger partial charge on any atom is -0.352 e. The number of benzene rings is 1. The predicted molar refractivity (Wildman–Crippen MR) is 109 cm³/mol. The zero-order valence-corrected chi connectivity index (χ0v) is 16.9. The van der Waals surface area contributed by atoms with Gasteiger partial charge in [0.2, 0.25) is 5.91 Å². The summed E-state index contributed by atoms with van der Waals surface area (Å²) < 4.78 is 0. The van der Waals surface area contributed by atoms with Crippen LogP contribution in [0.25, 0.3) is 0 Å². The molecular weight excluding hydrogens is 374 g/mol. The fourth-order valence-electron chi connectivity index (χ4n) is 3.28. The summed E-state index contributed by atoms with van der Waals surface area (Å²) in [5, 5.41) is 2.72. The highest BCUT2D eigenvalue weighted by Gasteiger charge is 2.20. The molecule has 3 amide bonds. The highest BCUT2D eigenvalue weighted by molar-refractivity contribution is 7.14. The first-order valence-electron chi connectivity index (χ1n) is 9.48. The molecule has 3 rings (SSSR count). The first kappa shape index (κ1) is 20.1. The van der Waals surface area contributed by atoms with E-state index in [2.05, 4.69) is 23.1 Å². The quantitative estimate of drug-likeness (QED) is 0.676. The molecule has 0 saturated carbocycles. The molecule has 0 bridgehead atoms. The summed E-state index contributed by atoms with van der Waals surface area (Å²) in [4.78, 5) is 38.2. The number of carbonyl (C=O) groups is 3. The molecule has 1 aliphatic carbocycles. The zero-order chi connectivity index (χ0) is 20.1. The number of amides is 3. The maximum Gasteiger partial charge on any atom is 0.279 e. The third-order valence-electron chi connectivity index (χ3n) is 4.90. The van der Waals surface area contributed by atoms with Crippen molar-refractivity contribution < 1.29 is 14.4 Å². The van der Waals surface area contributed by atoms with Gasteiger partial charge in [-0.25, -0.2) is 0 Å². The summed E-state index contributed by atoms with van der Waals surface area (Å²) >= 11 is 1.50. The van der Waals surface area contributed by atoms with Gasteiger partial charge in [-0.15, -0.1) is 11.3 Å². The van der Waals surface area contributed by atoms with Crippen LogP contribution in [0.3, 0.4) is 0 Å². The Morgan fingerprint density at radius 1 is 1.14 bits per heavy atom. The van der Waals surface area contributed by atoms with Crippen molar-refractivity contribution in [3.8, 4) is 0 Å². The van der Waals surface area contributed by atoms with Gasteiger partial charge in [-0.3, -0.25) is 25.2 Å². The third kappa shape index (κ3) is 4.98. The van der Waals surface area contributed by atoms with Gasteiger partial charge in [0.25, 0.3) is 11.8 Å². The Balaban J connectivity index is 1.41. The molecule has 0 aliphatic heterocycles. The summed E-state index contributed by atoms with van der Waals surface area (Å²) in [6.45, 7) is 4.28. The molecule has 1 atom stereocenters. The molecule has 0 fully saturated rings. The van der Waals surface area contributed by atoms with E-state index < -0.39 is 0 Å². The molecule has 1 aliphatic rings. The second-order valence-electron chi connectivity index (χ2n) is 7.23. The number of thiophene rings is 1. The normalized spacial score (nSPS) is 15.4. The SMILES string of the molecule is Cc1ccccc1C(=O)NCCC(=O)NNC(=O)c1cc2c(s1)CCC(C)C2. The fraction of sp³-hybridized carbons (Fsp3) is 0.381. The van der Waals surface area contributed by atoms with E-state index in [1.807, 2.05) is 25.1 Å². The average molecular weight is 400 g/mol. The van der Waals surface area contributed by atoms with Crippen LogP contribution >= 0.6 is 11.3 Å². The van der Waals surface area contributed by atoms with Crippen LogP contribution in [0.1, 0.15) is 55.8 Å². The Hall–Kier alpha value is -2.67. The minimum absolute atomic E-state index is 0.0797.